The van der Waals surface area contributed by atoms with E-state index < -0.39 is 0 Å². The fraction of sp³-hybridized carbons (Fsp3) is 0.176. The lowest BCUT2D eigenvalue weighted by atomic mass is 10.2. The molecule has 130 valence electrons. The highest BCUT2D eigenvalue weighted by atomic mass is 35.5. The molecule has 0 atom stereocenters. The molecule has 0 aliphatic carbocycles. The summed E-state index contributed by atoms with van der Waals surface area (Å²) in [5.74, 6) is 2.02. The quantitative estimate of drug-likeness (QED) is 0.670. The monoisotopic (exact) mass is 379 g/mol. The summed E-state index contributed by atoms with van der Waals surface area (Å²) in [7, 11) is 3.15. The van der Waals surface area contributed by atoms with Crippen molar-refractivity contribution in [3.63, 3.8) is 0 Å². The second kappa shape index (κ2) is 7.63. The lowest BCUT2D eigenvalue weighted by Crippen LogP contribution is -2.00. The van der Waals surface area contributed by atoms with Crippen molar-refractivity contribution in [3.8, 4) is 23.0 Å². The zero-order valence-electron chi connectivity index (χ0n) is 13.5. The van der Waals surface area contributed by atoms with Gasteiger partial charge >= 0.3 is 0 Å². The second-order valence-electron chi connectivity index (χ2n) is 5.03. The Morgan fingerprint density at radius 3 is 2.60 bits per heavy atom. The molecule has 0 saturated heterocycles. The second-order valence-corrected chi connectivity index (χ2v) is 5.81. The van der Waals surface area contributed by atoms with Gasteiger partial charge in [0.05, 0.1) is 36.5 Å². The Morgan fingerprint density at radius 2 is 1.84 bits per heavy atom. The van der Waals surface area contributed by atoms with E-state index in [4.69, 9.17) is 37.1 Å². The number of nitrogens with zero attached hydrogens (tertiary/aromatic N) is 2. The molecule has 0 saturated carbocycles. The Morgan fingerprint density at radius 1 is 1.04 bits per heavy atom. The minimum absolute atomic E-state index is 0.320. The van der Waals surface area contributed by atoms with Crippen LogP contribution in [0.5, 0.6) is 11.5 Å². The zero-order chi connectivity index (χ0) is 17.8. The molecule has 0 bridgehead atoms. The molecule has 0 fully saturated rings. The van der Waals surface area contributed by atoms with Gasteiger partial charge in [0.15, 0.2) is 11.5 Å². The van der Waals surface area contributed by atoms with Crippen LogP contribution in [-0.2, 0) is 6.54 Å². The first-order chi connectivity index (χ1) is 12.1. The third-order valence-electron chi connectivity index (χ3n) is 3.48. The molecule has 1 heterocycles. The summed E-state index contributed by atoms with van der Waals surface area (Å²) in [5.41, 5.74) is 1.43. The topological polar surface area (TPSA) is 69.4 Å². The van der Waals surface area contributed by atoms with Gasteiger partial charge < -0.3 is 19.2 Å². The van der Waals surface area contributed by atoms with Crippen molar-refractivity contribution in [2.24, 2.45) is 0 Å². The summed E-state index contributed by atoms with van der Waals surface area (Å²) < 4.78 is 16.2. The fourth-order valence-corrected chi connectivity index (χ4v) is 2.59. The van der Waals surface area contributed by atoms with Gasteiger partial charge in [-0.05, 0) is 30.3 Å². The maximum Gasteiger partial charge on any atom is 0.247 e. The summed E-state index contributed by atoms with van der Waals surface area (Å²) in [6, 6.07) is 10.7. The number of hydrogen-bond donors (Lipinski definition) is 1. The fourth-order valence-electron chi connectivity index (χ4n) is 2.22. The van der Waals surface area contributed by atoms with Gasteiger partial charge in [0.2, 0.25) is 11.8 Å². The third-order valence-corrected chi connectivity index (χ3v) is 4.30. The third kappa shape index (κ3) is 3.81. The molecular weight excluding hydrogens is 365 g/mol. The van der Waals surface area contributed by atoms with Crippen LogP contribution < -0.4 is 14.8 Å². The Kier molecular flexibility index (Phi) is 5.31. The summed E-state index contributed by atoms with van der Waals surface area (Å²) in [6.45, 7) is 0.320. The Bertz CT molecular complexity index is 883. The van der Waals surface area contributed by atoms with Crippen molar-refractivity contribution < 1.29 is 13.9 Å². The molecule has 0 amide bonds. The van der Waals surface area contributed by atoms with E-state index in [0.29, 0.717) is 45.6 Å². The highest BCUT2D eigenvalue weighted by Crippen LogP contribution is 2.32. The van der Waals surface area contributed by atoms with Crippen LogP contribution in [0.4, 0.5) is 5.69 Å². The summed E-state index contributed by atoms with van der Waals surface area (Å²) in [4.78, 5) is 0. The number of benzene rings is 2. The number of anilines is 1. The number of rotatable bonds is 6. The van der Waals surface area contributed by atoms with Gasteiger partial charge in [-0.25, -0.2) is 0 Å². The molecule has 3 rings (SSSR count). The largest absolute Gasteiger partial charge is 0.493 e. The van der Waals surface area contributed by atoms with Gasteiger partial charge in [-0.3, -0.25) is 0 Å². The molecule has 25 heavy (non-hydrogen) atoms. The van der Waals surface area contributed by atoms with Crippen molar-refractivity contribution in [1.29, 1.82) is 0 Å². The average molecular weight is 380 g/mol. The SMILES string of the molecule is COc1ccc(-c2nnc(CNc3cccc(Cl)c3Cl)o2)cc1OC. The predicted octanol–water partition coefficient (Wildman–Crippen LogP) is 4.67. The number of nitrogens with one attached hydrogen (secondary N) is 1. The van der Waals surface area contributed by atoms with E-state index in [1.807, 2.05) is 12.1 Å². The van der Waals surface area contributed by atoms with Crippen LogP contribution in [0, 0.1) is 0 Å². The van der Waals surface area contributed by atoms with Crippen molar-refractivity contribution in [1.82, 2.24) is 10.2 Å². The van der Waals surface area contributed by atoms with E-state index in [0.717, 1.165) is 5.56 Å². The van der Waals surface area contributed by atoms with Crippen molar-refractivity contribution in [2.75, 3.05) is 19.5 Å². The molecule has 8 heteroatoms. The van der Waals surface area contributed by atoms with E-state index in [9.17, 15) is 0 Å². The molecule has 3 aromatic rings. The zero-order valence-corrected chi connectivity index (χ0v) is 15.1. The smallest absolute Gasteiger partial charge is 0.247 e. The van der Waals surface area contributed by atoms with E-state index in [1.165, 1.54) is 0 Å². The van der Waals surface area contributed by atoms with E-state index >= 15 is 0 Å². The number of aromatic nitrogens is 2. The summed E-state index contributed by atoms with van der Waals surface area (Å²) in [5, 5.41) is 12.1. The minimum atomic E-state index is 0.320. The molecule has 0 unspecified atom stereocenters. The van der Waals surface area contributed by atoms with E-state index in [1.54, 1.807) is 38.5 Å². The number of hydrogen-bond acceptors (Lipinski definition) is 6. The van der Waals surface area contributed by atoms with Crippen LogP contribution in [0.1, 0.15) is 5.89 Å². The van der Waals surface area contributed by atoms with Gasteiger partial charge in [0, 0.05) is 5.56 Å². The molecule has 0 aliphatic heterocycles. The average Bonchev–Trinajstić information content (AvgIpc) is 3.11. The van der Waals surface area contributed by atoms with Crippen LogP contribution in [0.25, 0.3) is 11.5 Å². The lowest BCUT2D eigenvalue weighted by molar-refractivity contribution is 0.355. The molecule has 0 aliphatic rings. The van der Waals surface area contributed by atoms with E-state index in [2.05, 4.69) is 15.5 Å². The summed E-state index contributed by atoms with van der Waals surface area (Å²) >= 11 is 12.1. The highest BCUT2D eigenvalue weighted by Gasteiger charge is 2.13. The Balaban J connectivity index is 1.75. The standard InChI is InChI=1S/C17H15Cl2N3O3/c1-23-13-7-6-10(8-14(13)24-2)17-22-21-15(25-17)9-20-12-5-3-4-11(18)16(12)19/h3-8,20H,9H2,1-2H3. The normalized spacial score (nSPS) is 10.6. The maximum absolute atomic E-state index is 6.14. The number of halogens is 2. The van der Waals surface area contributed by atoms with Gasteiger partial charge in [0.25, 0.3) is 0 Å². The van der Waals surface area contributed by atoms with Gasteiger partial charge in [-0.1, -0.05) is 29.3 Å². The van der Waals surface area contributed by atoms with Gasteiger partial charge in [-0.2, -0.15) is 0 Å². The van der Waals surface area contributed by atoms with Crippen LogP contribution in [0.2, 0.25) is 10.0 Å². The highest BCUT2D eigenvalue weighted by molar-refractivity contribution is 6.43. The predicted molar refractivity (Wildman–Crippen MR) is 96.6 cm³/mol. The van der Waals surface area contributed by atoms with Crippen LogP contribution >= 0.6 is 23.2 Å². The van der Waals surface area contributed by atoms with Crippen LogP contribution in [0.15, 0.2) is 40.8 Å². The van der Waals surface area contributed by atoms with Crippen molar-refractivity contribution in [2.45, 2.75) is 6.54 Å². The molecule has 1 aromatic heterocycles. The minimum Gasteiger partial charge on any atom is -0.493 e. The molecule has 0 radical (unpaired) electrons. The van der Waals surface area contributed by atoms with Crippen LogP contribution in [-0.4, -0.2) is 24.4 Å². The molecular formula is C17H15Cl2N3O3. The Labute approximate surface area is 154 Å². The maximum atomic E-state index is 6.14. The molecule has 0 spiro atoms. The van der Waals surface area contributed by atoms with Crippen molar-refractivity contribution >= 4 is 28.9 Å². The lowest BCUT2D eigenvalue weighted by Gasteiger charge is -2.08. The molecule has 2 aromatic carbocycles. The molecule has 6 nitrogen and oxygen atoms in total. The van der Waals surface area contributed by atoms with Crippen LogP contribution in [0.3, 0.4) is 0 Å². The number of ether oxygens (including phenoxy) is 2. The summed E-state index contributed by atoms with van der Waals surface area (Å²) in [6.07, 6.45) is 0. The van der Waals surface area contributed by atoms with E-state index in [-0.39, 0.29) is 0 Å². The number of methoxy groups -OCH3 is 2. The van der Waals surface area contributed by atoms with Gasteiger partial charge in [-0.15, -0.1) is 10.2 Å². The first-order valence-electron chi connectivity index (χ1n) is 7.35. The first kappa shape index (κ1) is 17.4. The van der Waals surface area contributed by atoms with Crippen molar-refractivity contribution in [3.05, 3.63) is 52.3 Å². The molecule has 1 N–H and O–H groups in total. The first-order valence-corrected chi connectivity index (χ1v) is 8.10. The van der Waals surface area contributed by atoms with Gasteiger partial charge in [0.1, 0.15) is 0 Å². The Hall–Kier alpha value is -2.44.